The molecule has 0 aliphatic carbocycles. The quantitative estimate of drug-likeness (QED) is 0.843. The van der Waals surface area contributed by atoms with Crippen LogP contribution in [0.2, 0.25) is 0 Å². The Kier molecular flexibility index (Phi) is 5.42. The molecule has 1 aromatic carbocycles. The van der Waals surface area contributed by atoms with Gasteiger partial charge in [0.1, 0.15) is 0 Å². The third-order valence-electron chi connectivity index (χ3n) is 4.71. The lowest BCUT2D eigenvalue weighted by Gasteiger charge is -2.37. The molecule has 2 heterocycles. The lowest BCUT2D eigenvalue weighted by molar-refractivity contribution is 0.106. The molecule has 1 fully saturated rings. The van der Waals surface area contributed by atoms with Crippen LogP contribution in [0.1, 0.15) is 29.8 Å². The minimum absolute atomic E-state index is 0.633. The molecule has 0 radical (unpaired) electrons. The summed E-state index contributed by atoms with van der Waals surface area (Å²) in [5, 5.41) is 0. The van der Waals surface area contributed by atoms with Crippen LogP contribution in [-0.4, -0.2) is 41.0 Å². The highest BCUT2D eigenvalue weighted by Gasteiger charge is 2.23. The Labute approximate surface area is 140 Å². The molecule has 3 nitrogen and oxygen atoms in total. The van der Waals surface area contributed by atoms with Crippen LogP contribution < -0.4 is 0 Å². The minimum Gasteiger partial charge on any atom is -0.298 e. The van der Waals surface area contributed by atoms with Crippen molar-refractivity contribution in [2.24, 2.45) is 0 Å². The van der Waals surface area contributed by atoms with Gasteiger partial charge in [0.15, 0.2) is 0 Å². The van der Waals surface area contributed by atoms with Gasteiger partial charge in [-0.05, 0) is 51.1 Å². The summed E-state index contributed by atoms with van der Waals surface area (Å²) in [5.41, 5.74) is 3.70. The third kappa shape index (κ3) is 4.63. The van der Waals surface area contributed by atoms with Gasteiger partial charge in [0, 0.05) is 31.4 Å². The Bertz CT molecular complexity index is 611. The van der Waals surface area contributed by atoms with E-state index in [2.05, 4.69) is 77.3 Å². The van der Waals surface area contributed by atoms with Crippen LogP contribution in [0.25, 0.3) is 0 Å². The van der Waals surface area contributed by atoms with Gasteiger partial charge in [-0.25, -0.2) is 0 Å². The van der Waals surface area contributed by atoms with Crippen molar-refractivity contribution in [1.82, 2.24) is 14.8 Å². The summed E-state index contributed by atoms with van der Waals surface area (Å²) in [6.45, 7) is 6.39. The van der Waals surface area contributed by atoms with Gasteiger partial charge in [0.25, 0.3) is 0 Å². The highest BCUT2D eigenvalue weighted by atomic mass is 15.2. The fourth-order valence-corrected chi connectivity index (χ4v) is 3.45. The number of likely N-dealkylation sites (N-methyl/N-ethyl adjacent to an activating group) is 1. The van der Waals surface area contributed by atoms with Crippen LogP contribution >= 0.6 is 0 Å². The predicted molar refractivity (Wildman–Crippen MR) is 95.2 cm³/mol. The first kappa shape index (κ1) is 16.2. The van der Waals surface area contributed by atoms with Gasteiger partial charge >= 0.3 is 0 Å². The maximum atomic E-state index is 4.65. The van der Waals surface area contributed by atoms with E-state index in [-0.39, 0.29) is 0 Å². The van der Waals surface area contributed by atoms with Crippen LogP contribution in [-0.2, 0) is 13.1 Å². The molecule has 0 unspecified atom stereocenters. The molecule has 0 saturated carbocycles. The van der Waals surface area contributed by atoms with Crippen molar-refractivity contribution in [3.05, 3.63) is 65.5 Å². The Morgan fingerprint density at radius 1 is 1.13 bits per heavy atom. The van der Waals surface area contributed by atoms with E-state index in [4.69, 9.17) is 0 Å². The SMILES string of the molecule is Cc1cccc(CN2CCC[C@@H](N(C)Cc3ccccc3)C2)n1. The second kappa shape index (κ2) is 7.71. The molecular weight excluding hydrogens is 282 g/mol. The summed E-state index contributed by atoms with van der Waals surface area (Å²) in [4.78, 5) is 9.71. The van der Waals surface area contributed by atoms with Gasteiger partial charge in [-0.1, -0.05) is 36.4 Å². The number of nitrogens with zero attached hydrogens (tertiary/aromatic N) is 3. The van der Waals surface area contributed by atoms with Crippen molar-refractivity contribution >= 4 is 0 Å². The lowest BCUT2D eigenvalue weighted by atomic mass is 10.0. The maximum Gasteiger partial charge on any atom is 0.0547 e. The number of hydrogen-bond acceptors (Lipinski definition) is 3. The fourth-order valence-electron chi connectivity index (χ4n) is 3.45. The number of benzene rings is 1. The number of rotatable bonds is 5. The van der Waals surface area contributed by atoms with Crippen molar-refractivity contribution in [3.8, 4) is 0 Å². The zero-order valence-corrected chi connectivity index (χ0v) is 14.3. The van der Waals surface area contributed by atoms with E-state index in [0.29, 0.717) is 6.04 Å². The monoisotopic (exact) mass is 309 g/mol. The van der Waals surface area contributed by atoms with E-state index in [0.717, 1.165) is 25.3 Å². The second-order valence-electron chi connectivity index (χ2n) is 6.70. The van der Waals surface area contributed by atoms with Crippen molar-refractivity contribution in [3.63, 3.8) is 0 Å². The van der Waals surface area contributed by atoms with Gasteiger partial charge in [0.05, 0.1) is 5.69 Å². The smallest absolute Gasteiger partial charge is 0.0547 e. The van der Waals surface area contributed by atoms with E-state index < -0.39 is 0 Å². The highest BCUT2D eigenvalue weighted by molar-refractivity contribution is 5.14. The summed E-state index contributed by atoms with van der Waals surface area (Å²) in [6, 6.07) is 17.7. The van der Waals surface area contributed by atoms with Crippen molar-refractivity contribution < 1.29 is 0 Å². The van der Waals surface area contributed by atoms with Crippen LogP contribution in [0, 0.1) is 6.92 Å². The molecule has 3 rings (SSSR count). The lowest BCUT2D eigenvalue weighted by Crippen LogP contribution is -2.45. The first-order chi connectivity index (χ1) is 11.2. The molecule has 1 aromatic heterocycles. The predicted octanol–water partition coefficient (Wildman–Crippen LogP) is 3.49. The molecule has 3 heteroatoms. The van der Waals surface area contributed by atoms with Crippen molar-refractivity contribution in [1.29, 1.82) is 0 Å². The molecule has 122 valence electrons. The van der Waals surface area contributed by atoms with E-state index in [1.807, 2.05) is 0 Å². The third-order valence-corrected chi connectivity index (χ3v) is 4.71. The molecule has 0 amide bonds. The summed E-state index contributed by atoms with van der Waals surface area (Å²) in [5.74, 6) is 0. The van der Waals surface area contributed by atoms with E-state index in [1.54, 1.807) is 0 Å². The number of piperidine rings is 1. The van der Waals surface area contributed by atoms with Gasteiger partial charge in [-0.3, -0.25) is 14.8 Å². The van der Waals surface area contributed by atoms with Gasteiger partial charge in [-0.15, -0.1) is 0 Å². The number of likely N-dealkylation sites (tertiary alicyclic amines) is 1. The second-order valence-corrected chi connectivity index (χ2v) is 6.70. The molecule has 0 spiro atoms. The first-order valence-corrected chi connectivity index (χ1v) is 8.60. The van der Waals surface area contributed by atoms with Gasteiger partial charge in [0.2, 0.25) is 0 Å². The zero-order valence-electron chi connectivity index (χ0n) is 14.3. The molecule has 0 N–H and O–H groups in total. The highest BCUT2D eigenvalue weighted by Crippen LogP contribution is 2.18. The van der Waals surface area contributed by atoms with Crippen molar-refractivity contribution in [2.75, 3.05) is 20.1 Å². The average molecular weight is 309 g/mol. The number of pyridine rings is 1. The normalized spacial score (nSPS) is 19.2. The van der Waals surface area contributed by atoms with Crippen LogP contribution in [0.3, 0.4) is 0 Å². The molecule has 2 aromatic rings. The van der Waals surface area contributed by atoms with E-state index >= 15 is 0 Å². The summed E-state index contributed by atoms with van der Waals surface area (Å²) < 4.78 is 0. The number of hydrogen-bond donors (Lipinski definition) is 0. The maximum absolute atomic E-state index is 4.65. The molecule has 1 aliphatic heterocycles. The van der Waals surface area contributed by atoms with E-state index in [1.165, 1.54) is 30.6 Å². The largest absolute Gasteiger partial charge is 0.298 e. The molecule has 23 heavy (non-hydrogen) atoms. The van der Waals surface area contributed by atoms with Crippen LogP contribution in [0.4, 0.5) is 0 Å². The Hall–Kier alpha value is -1.71. The molecular formula is C20H27N3. The standard InChI is InChI=1S/C20H27N3/c1-17-8-6-11-19(21-17)15-23-13-7-12-20(16-23)22(2)14-18-9-4-3-5-10-18/h3-6,8-11,20H,7,12-16H2,1-2H3/t20-/m1/s1. The van der Waals surface area contributed by atoms with Gasteiger partial charge in [-0.2, -0.15) is 0 Å². The van der Waals surface area contributed by atoms with Gasteiger partial charge < -0.3 is 0 Å². The first-order valence-electron chi connectivity index (χ1n) is 8.60. The molecule has 1 atom stereocenters. The molecule has 1 saturated heterocycles. The Morgan fingerprint density at radius 2 is 1.96 bits per heavy atom. The van der Waals surface area contributed by atoms with E-state index in [9.17, 15) is 0 Å². The fraction of sp³-hybridized carbons (Fsp3) is 0.450. The number of aryl methyl sites for hydroxylation is 1. The van der Waals surface area contributed by atoms with Crippen LogP contribution in [0.5, 0.6) is 0 Å². The Morgan fingerprint density at radius 3 is 2.74 bits per heavy atom. The molecule has 0 bridgehead atoms. The summed E-state index contributed by atoms with van der Waals surface area (Å²) >= 11 is 0. The van der Waals surface area contributed by atoms with Crippen LogP contribution in [0.15, 0.2) is 48.5 Å². The minimum atomic E-state index is 0.633. The average Bonchev–Trinajstić information content (AvgIpc) is 2.56. The number of aromatic nitrogens is 1. The van der Waals surface area contributed by atoms with Crippen molar-refractivity contribution in [2.45, 2.75) is 38.9 Å². The molecule has 1 aliphatic rings. The summed E-state index contributed by atoms with van der Waals surface area (Å²) in [6.07, 6.45) is 2.57. The zero-order chi connectivity index (χ0) is 16.1. The Balaban J connectivity index is 1.57. The topological polar surface area (TPSA) is 19.4 Å². The summed E-state index contributed by atoms with van der Waals surface area (Å²) in [7, 11) is 2.26.